The summed E-state index contributed by atoms with van der Waals surface area (Å²) in [5.41, 5.74) is 2.48. The SMILES string of the molecule is Cn1nc(C(=O)N/N=C\[C@H]2CC=CCC2)c2ccccc2c1=O. The first-order valence-corrected chi connectivity index (χ1v) is 7.61. The molecule has 6 nitrogen and oxygen atoms in total. The van der Waals surface area contributed by atoms with Gasteiger partial charge in [0, 0.05) is 18.6 Å². The Morgan fingerprint density at radius 2 is 2.13 bits per heavy atom. The van der Waals surface area contributed by atoms with Crippen molar-refractivity contribution in [2.45, 2.75) is 19.3 Å². The molecule has 23 heavy (non-hydrogen) atoms. The van der Waals surface area contributed by atoms with Crippen molar-refractivity contribution < 1.29 is 4.79 Å². The number of allylic oxidation sites excluding steroid dienone is 2. The number of hydrazone groups is 1. The van der Waals surface area contributed by atoms with E-state index in [1.807, 2.05) is 0 Å². The van der Waals surface area contributed by atoms with Gasteiger partial charge in [-0.25, -0.2) is 10.1 Å². The van der Waals surface area contributed by atoms with Crippen molar-refractivity contribution in [2.24, 2.45) is 18.1 Å². The molecule has 0 aliphatic heterocycles. The van der Waals surface area contributed by atoms with E-state index in [1.54, 1.807) is 30.5 Å². The van der Waals surface area contributed by atoms with E-state index in [0.29, 0.717) is 16.7 Å². The highest BCUT2D eigenvalue weighted by Crippen LogP contribution is 2.16. The summed E-state index contributed by atoms with van der Waals surface area (Å²) in [6.07, 6.45) is 9.08. The Balaban J connectivity index is 1.84. The highest BCUT2D eigenvalue weighted by Gasteiger charge is 2.15. The molecule has 1 aromatic carbocycles. The molecule has 0 radical (unpaired) electrons. The number of hydrogen-bond donors (Lipinski definition) is 1. The lowest BCUT2D eigenvalue weighted by atomic mass is 9.96. The first kappa shape index (κ1) is 15.1. The maximum atomic E-state index is 12.3. The average molecular weight is 310 g/mol. The molecular weight excluding hydrogens is 292 g/mol. The van der Waals surface area contributed by atoms with Crippen LogP contribution in [0, 0.1) is 5.92 Å². The van der Waals surface area contributed by atoms with E-state index in [1.165, 1.54) is 11.7 Å². The third-order valence-corrected chi connectivity index (χ3v) is 3.93. The Morgan fingerprint density at radius 1 is 1.35 bits per heavy atom. The monoisotopic (exact) mass is 310 g/mol. The number of nitrogens with one attached hydrogen (secondary N) is 1. The molecule has 1 aromatic heterocycles. The summed E-state index contributed by atoms with van der Waals surface area (Å²) in [5.74, 6) is -0.0652. The third kappa shape index (κ3) is 3.21. The van der Waals surface area contributed by atoms with Crippen LogP contribution in [-0.2, 0) is 7.05 Å². The van der Waals surface area contributed by atoms with Crippen LogP contribution < -0.4 is 11.0 Å². The Bertz CT molecular complexity index is 851. The van der Waals surface area contributed by atoms with Crippen LogP contribution in [0.1, 0.15) is 29.8 Å². The van der Waals surface area contributed by atoms with Gasteiger partial charge in [-0.3, -0.25) is 9.59 Å². The van der Waals surface area contributed by atoms with Crippen molar-refractivity contribution in [3.8, 4) is 0 Å². The number of carbonyl (C=O) groups is 1. The Hall–Kier alpha value is -2.76. The molecule has 1 atom stereocenters. The molecule has 6 heteroatoms. The minimum atomic E-state index is -0.417. The molecule has 0 bridgehead atoms. The van der Waals surface area contributed by atoms with Crippen molar-refractivity contribution >= 4 is 22.9 Å². The summed E-state index contributed by atoms with van der Waals surface area (Å²) >= 11 is 0. The van der Waals surface area contributed by atoms with Gasteiger partial charge in [0.05, 0.1) is 5.39 Å². The first-order valence-electron chi connectivity index (χ1n) is 7.61. The summed E-state index contributed by atoms with van der Waals surface area (Å²) in [6.45, 7) is 0. The van der Waals surface area contributed by atoms with Gasteiger partial charge in [0.2, 0.25) is 0 Å². The van der Waals surface area contributed by atoms with Gasteiger partial charge in [-0.1, -0.05) is 30.4 Å². The molecule has 0 spiro atoms. The van der Waals surface area contributed by atoms with Crippen LogP contribution in [0.15, 0.2) is 46.3 Å². The van der Waals surface area contributed by atoms with E-state index in [0.717, 1.165) is 19.3 Å². The van der Waals surface area contributed by atoms with Crippen molar-refractivity contribution in [3.05, 3.63) is 52.5 Å². The van der Waals surface area contributed by atoms with Crippen LogP contribution in [-0.4, -0.2) is 21.9 Å². The second kappa shape index (κ2) is 6.56. The molecule has 3 rings (SSSR count). The van der Waals surface area contributed by atoms with Gasteiger partial charge in [0.1, 0.15) is 0 Å². The van der Waals surface area contributed by atoms with E-state index < -0.39 is 5.91 Å². The van der Waals surface area contributed by atoms with Gasteiger partial charge in [-0.2, -0.15) is 10.2 Å². The number of hydrogen-bond acceptors (Lipinski definition) is 4. The summed E-state index contributed by atoms with van der Waals surface area (Å²) in [7, 11) is 1.53. The average Bonchev–Trinajstić information content (AvgIpc) is 2.59. The Kier molecular flexibility index (Phi) is 4.32. The lowest BCUT2D eigenvalue weighted by Gasteiger charge is -2.12. The number of fused-ring (bicyclic) bond motifs is 1. The normalized spacial score (nSPS) is 17.7. The standard InChI is InChI=1S/C17H18N4O2/c1-21-17(23)14-10-6-5-9-13(14)15(20-21)16(22)19-18-11-12-7-3-2-4-8-12/h2-3,5-6,9-12H,4,7-8H2,1H3,(H,19,22)/b18-11-/t12-/m0/s1. The van der Waals surface area contributed by atoms with Gasteiger partial charge in [-0.05, 0) is 31.2 Å². The number of rotatable bonds is 3. The number of nitrogens with zero attached hydrogens (tertiary/aromatic N) is 3. The molecule has 0 saturated heterocycles. The maximum Gasteiger partial charge on any atom is 0.292 e. The molecular formula is C17H18N4O2. The number of amides is 1. The molecule has 0 unspecified atom stereocenters. The van der Waals surface area contributed by atoms with Crippen LogP contribution in [0.3, 0.4) is 0 Å². The van der Waals surface area contributed by atoms with Crippen molar-refractivity contribution in [3.63, 3.8) is 0 Å². The first-order chi connectivity index (χ1) is 11.2. The smallest absolute Gasteiger partial charge is 0.267 e. The van der Waals surface area contributed by atoms with Gasteiger partial charge in [-0.15, -0.1) is 0 Å². The molecule has 0 fully saturated rings. The lowest BCUT2D eigenvalue weighted by Crippen LogP contribution is -2.27. The van der Waals surface area contributed by atoms with E-state index >= 15 is 0 Å². The molecule has 2 aromatic rings. The lowest BCUT2D eigenvalue weighted by molar-refractivity contribution is 0.0949. The zero-order chi connectivity index (χ0) is 16.2. The van der Waals surface area contributed by atoms with Gasteiger partial charge >= 0.3 is 0 Å². The van der Waals surface area contributed by atoms with Crippen molar-refractivity contribution in [2.75, 3.05) is 0 Å². The summed E-state index contributed by atoms with van der Waals surface area (Å²) < 4.78 is 1.17. The van der Waals surface area contributed by atoms with Gasteiger partial charge in [0.15, 0.2) is 5.69 Å². The van der Waals surface area contributed by atoms with Crippen molar-refractivity contribution in [1.82, 2.24) is 15.2 Å². The summed E-state index contributed by atoms with van der Waals surface area (Å²) in [4.78, 5) is 24.4. The van der Waals surface area contributed by atoms with Crippen LogP contribution in [0.25, 0.3) is 10.8 Å². The predicted octanol–water partition coefficient (Wildman–Crippen LogP) is 2.01. The van der Waals surface area contributed by atoms with E-state index in [2.05, 4.69) is 27.8 Å². The molecule has 1 N–H and O–H groups in total. The summed E-state index contributed by atoms with van der Waals surface area (Å²) in [5, 5.41) is 9.12. The highest BCUT2D eigenvalue weighted by molar-refractivity contribution is 6.04. The summed E-state index contributed by atoms with van der Waals surface area (Å²) in [6, 6.07) is 6.94. The molecule has 1 heterocycles. The highest BCUT2D eigenvalue weighted by atomic mass is 16.2. The Labute approximate surface area is 133 Å². The zero-order valence-electron chi connectivity index (χ0n) is 12.9. The van der Waals surface area contributed by atoms with E-state index in [9.17, 15) is 9.59 Å². The van der Waals surface area contributed by atoms with Crippen LogP contribution in [0.2, 0.25) is 0 Å². The van der Waals surface area contributed by atoms with E-state index in [4.69, 9.17) is 0 Å². The molecule has 1 aliphatic rings. The maximum absolute atomic E-state index is 12.3. The van der Waals surface area contributed by atoms with E-state index in [-0.39, 0.29) is 11.3 Å². The number of benzene rings is 1. The van der Waals surface area contributed by atoms with Crippen molar-refractivity contribution in [1.29, 1.82) is 0 Å². The number of carbonyl (C=O) groups excluding carboxylic acids is 1. The topological polar surface area (TPSA) is 76.3 Å². The number of aryl methyl sites for hydroxylation is 1. The van der Waals surface area contributed by atoms with Gasteiger partial charge < -0.3 is 0 Å². The quantitative estimate of drug-likeness (QED) is 0.535. The Morgan fingerprint density at radius 3 is 2.87 bits per heavy atom. The fourth-order valence-corrected chi connectivity index (χ4v) is 2.67. The fourth-order valence-electron chi connectivity index (χ4n) is 2.67. The molecule has 1 aliphatic carbocycles. The largest absolute Gasteiger partial charge is 0.292 e. The molecule has 1 amide bonds. The van der Waals surface area contributed by atoms with Crippen LogP contribution >= 0.6 is 0 Å². The second-order valence-electron chi connectivity index (χ2n) is 5.59. The fraction of sp³-hybridized carbons (Fsp3) is 0.294. The minimum absolute atomic E-state index is 0.198. The molecule has 0 saturated carbocycles. The van der Waals surface area contributed by atoms with Crippen LogP contribution in [0.4, 0.5) is 0 Å². The third-order valence-electron chi connectivity index (χ3n) is 3.93. The minimum Gasteiger partial charge on any atom is -0.267 e. The number of aromatic nitrogens is 2. The zero-order valence-corrected chi connectivity index (χ0v) is 12.9. The second-order valence-corrected chi connectivity index (χ2v) is 5.59. The molecule has 118 valence electrons. The van der Waals surface area contributed by atoms with Gasteiger partial charge in [0.25, 0.3) is 11.5 Å². The predicted molar refractivity (Wildman–Crippen MR) is 89.4 cm³/mol. The van der Waals surface area contributed by atoms with Crippen LogP contribution in [0.5, 0.6) is 0 Å².